The van der Waals surface area contributed by atoms with Gasteiger partial charge in [-0.2, -0.15) is 8.42 Å². The first kappa shape index (κ1) is 19.9. The van der Waals surface area contributed by atoms with Gasteiger partial charge in [0.15, 0.2) is 0 Å². The first-order valence-electron chi connectivity index (χ1n) is 5.28. The molecule has 0 aromatic carbocycles. The summed E-state index contributed by atoms with van der Waals surface area (Å²) in [4.78, 5) is 0.826. The Morgan fingerprint density at radius 2 is 1.61 bits per heavy atom. The average Bonchev–Trinajstić information content (AvgIpc) is 2.67. The molecular formula is C8H18F2N2O4S2. The van der Waals surface area contributed by atoms with E-state index in [1.165, 1.54) is 43.4 Å². The largest absolute Gasteiger partial charge is 0.352 e. The Morgan fingerprint density at radius 1 is 1.28 bits per heavy atom. The van der Waals surface area contributed by atoms with Gasteiger partial charge in [-0.1, -0.05) is 6.92 Å². The quantitative estimate of drug-likeness (QED) is 0.583. The average molecular weight is 308 g/mol. The molecule has 0 aromatic rings. The fourth-order valence-corrected chi connectivity index (χ4v) is 1.86. The van der Waals surface area contributed by atoms with Gasteiger partial charge < -0.3 is 13.9 Å². The third-order valence-corrected chi connectivity index (χ3v) is 2.66. The molecule has 1 aliphatic rings. The van der Waals surface area contributed by atoms with Crippen LogP contribution in [-0.4, -0.2) is 48.0 Å². The van der Waals surface area contributed by atoms with E-state index in [1.54, 1.807) is 0 Å². The van der Waals surface area contributed by atoms with E-state index in [9.17, 15) is 8.37 Å². The van der Waals surface area contributed by atoms with Crippen molar-refractivity contribution < 1.29 is 29.7 Å². The van der Waals surface area contributed by atoms with Crippen molar-refractivity contribution in [2.75, 3.05) is 26.7 Å². The van der Waals surface area contributed by atoms with Crippen molar-refractivity contribution in [1.29, 1.82) is 0 Å². The van der Waals surface area contributed by atoms with Gasteiger partial charge in [-0.25, -0.2) is 8.42 Å². The minimum Gasteiger partial charge on any atom is -0.352 e. The second kappa shape index (κ2) is 10.5. The molecule has 0 amide bonds. The Bertz CT molecular complexity index is 339. The number of nitrogens with zero attached hydrogens (tertiary/aromatic N) is 2. The van der Waals surface area contributed by atoms with Crippen molar-refractivity contribution in [3.63, 3.8) is 0 Å². The van der Waals surface area contributed by atoms with Crippen LogP contribution in [0.15, 0.2) is 0 Å². The van der Waals surface area contributed by atoms with E-state index in [1.807, 2.05) is 0 Å². The maximum atomic E-state index is 10.5. The molecule has 0 bridgehead atoms. The van der Waals surface area contributed by atoms with E-state index in [2.05, 4.69) is 14.0 Å². The highest BCUT2D eigenvalue weighted by molar-refractivity contribution is 7.88. The zero-order chi connectivity index (χ0) is 14.7. The van der Waals surface area contributed by atoms with E-state index in [-0.39, 0.29) is 0 Å². The lowest BCUT2D eigenvalue weighted by Gasteiger charge is -2.28. The summed E-state index contributed by atoms with van der Waals surface area (Å²) in [6.45, 7) is 6.52. The lowest BCUT2D eigenvalue weighted by Crippen LogP contribution is -2.41. The van der Waals surface area contributed by atoms with E-state index < -0.39 is 22.0 Å². The van der Waals surface area contributed by atoms with Gasteiger partial charge in [0, 0.05) is 12.8 Å². The van der Waals surface area contributed by atoms with Crippen LogP contribution in [-0.2, 0) is 22.0 Å². The van der Waals surface area contributed by atoms with Crippen molar-refractivity contribution in [3.05, 3.63) is 4.94 Å². The van der Waals surface area contributed by atoms with Crippen LogP contribution in [0.5, 0.6) is 0 Å². The fraction of sp³-hybridized carbons (Fsp3) is 1.00. The highest BCUT2D eigenvalue weighted by Gasteiger charge is 2.24. The lowest BCUT2D eigenvalue weighted by atomic mass is 10.4. The molecule has 0 spiro atoms. The number of halogens is 2. The molecule has 0 atom stereocenters. The summed E-state index contributed by atoms with van der Waals surface area (Å²) in [5, 5.41) is 0. The highest BCUT2D eigenvalue weighted by Crippen LogP contribution is 2.15. The maximum absolute atomic E-state index is 10.5. The van der Waals surface area contributed by atoms with Crippen LogP contribution in [0.2, 0.25) is 0 Å². The smallest absolute Gasteiger partial charge is 0.335 e. The maximum Gasteiger partial charge on any atom is 0.335 e. The summed E-state index contributed by atoms with van der Waals surface area (Å²) in [7, 11) is -2.82. The molecule has 0 radical (unpaired) electrons. The second-order valence-corrected chi connectivity index (χ2v) is 5.14. The standard InChI is InChI=1S/C8H18N.F2NO2S.O2S/c1-3-6-9(2)7-4-5-8-9;1-3-6(2,4)5;1-3-2/h3-8H2,1-2H3;;/q+1;-1;. The van der Waals surface area contributed by atoms with Crippen LogP contribution in [0.1, 0.15) is 26.2 Å². The summed E-state index contributed by atoms with van der Waals surface area (Å²) in [5.41, 5.74) is 0. The molecule has 1 rings (SSSR count). The summed E-state index contributed by atoms with van der Waals surface area (Å²) < 4.78 is 56.2. The molecular weight excluding hydrogens is 290 g/mol. The predicted molar refractivity (Wildman–Crippen MR) is 63.7 cm³/mol. The SMILES string of the molecule is CCC[N+]1(C)CCCC1.O=S(=O)(F)[N-]F.O=S=O. The van der Waals surface area contributed by atoms with Crippen molar-refractivity contribution >= 4 is 22.0 Å². The Hall–Kier alpha value is -0.450. The Labute approximate surface area is 110 Å². The van der Waals surface area contributed by atoms with Crippen LogP contribution < -0.4 is 0 Å². The van der Waals surface area contributed by atoms with Gasteiger partial charge in [-0.05, 0) is 6.42 Å². The number of quaternary nitrogens is 1. The summed E-state index contributed by atoms with van der Waals surface area (Å²) in [6.07, 6.45) is 4.25. The monoisotopic (exact) mass is 308 g/mol. The van der Waals surface area contributed by atoms with Crippen molar-refractivity contribution in [1.82, 2.24) is 0 Å². The van der Waals surface area contributed by atoms with Gasteiger partial charge >= 0.3 is 11.6 Å². The molecule has 18 heavy (non-hydrogen) atoms. The van der Waals surface area contributed by atoms with Gasteiger partial charge in [-0.15, -0.1) is 3.89 Å². The molecule has 0 N–H and O–H groups in total. The molecule has 1 fully saturated rings. The van der Waals surface area contributed by atoms with Crippen molar-refractivity contribution in [2.24, 2.45) is 0 Å². The van der Waals surface area contributed by atoms with Gasteiger partial charge in [0.25, 0.3) is 10.4 Å². The first-order chi connectivity index (χ1) is 8.24. The molecule has 1 aliphatic heterocycles. The van der Waals surface area contributed by atoms with Gasteiger partial charge in [0.1, 0.15) is 0 Å². The van der Waals surface area contributed by atoms with Crippen molar-refractivity contribution in [3.8, 4) is 0 Å². The second-order valence-electron chi connectivity index (χ2n) is 4.05. The predicted octanol–water partition coefficient (Wildman–Crippen LogP) is 1.43. The van der Waals surface area contributed by atoms with E-state index >= 15 is 0 Å². The molecule has 110 valence electrons. The summed E-state index contributed by atoms with van der Waals surface area (Å²) in [6, 6.07) is 0. The summed E-state index contributed by atoms with van der Waals surface area (Å²) in [5.74, 6) is 0. The van der Waals surface area contributed by atoms with Gasteiger partial charge in [-0.3, -0.25) is 0 Å². The van der Waals surface area contributed by atoms with Crippen LogP contribution in [0.25, 0.3) is 4.94 Å². The fourth-order valence-electron chi connectivity index (χ4n) is 1.86. The normalized spacial score (nSPS) is 16.9. The number of rotatable bonds is 3. The first-order valence-corrected chi connectivity index (χ1v) is 7.28. The summed E-state index contributed by atoms with van der Waals surface area (Å²) >= 11 is -0.750. The zero-order valence-electron chi connectivity index (χ0n) is 10.3. The van der Waals surface area contributed by atoms with E-state index in [4.69, 9.17) is 16.8 Å². The molecule has 0 aromatic heterocycles. The van der Waals surface area contributed by atoms with E-state index in [0.29, 0.717) is 0 Å². The van der Waals surface area contributed by atoms with E-state index in [0.717, 1.165) is 4.94 Å². The Balaban J connectivity index is 0. The molecule has 0 aliphatic carbocycles. The van der Waals surface area contributed by atoms with Crippen LogP contribution in [0.3, 0.4) is 0 Å². The number of likely N-dealkylation sites (tertiary alicyclic amines) is 1. The van der Waals surface area contributed by atoms with Gasteiger partial charge in [0.2, 0.25) is 0 Å². The topological polar surface area (TPSA) is 82.4 Å². The van der Waals surface area contributed by atoms with Crippen molar-refractivity contribution in [2.45, 2.75) is 26.2 Å². The molecule has 6 nitrogen and oxygen atoms in total. The van der Waals surface area contributed by atoms with Crippen LogP contribution in [0, 0.1) is 0 Å². The highest BCUT2D eigenvalue weighted by atomic mass is 32.3. The molecule has 0 saturated carbocycles. The molecule has 1 saturated heterocycles. The molecule has 0 unspecified atom stereocenters. The molecule has 10 heteroatoms. The van der Waals surface area contributed by atoms with Crippen LogP contribution >= 0.6 is 0 Å². The Kier molecular flexibility index (Phi) is 11.6. The minimum absolute atomic E-state index is 0.750. The van der Waals surface area contributed by atoms with Crippen LogP contribution in [0.4, 0.5) is 8.37 Å². The zero-order valence-corrected chi connectivity index (χ0v) is 12.0. The third-order valence-electron chi connectivity index (χ3n) is 2.49. The number of hydrogen-bond acceptors (Lipinski definition) is 4. The molecule has 1 heterocycles. The lowest BCUT2D eigenvalue weighted by molar-refractivity contribution is -0.897. The third kappa shape index (κ3) is 13.6. The van der Waals surface area contributed by atoms with Gasteiger partial charge in [0.05, 0.1) is 26.7 Å². The number of hydrogen-bond donors (Lipinski definition) is 0. The minimum atomic E-state index is -5.20. The Morgan fingerprint density at radius 3 is 1.83 bits per heavy atom.